The molecule has 1 aliphatic heterocycles. The average molecular weight is 408 g/mol. The van der Waals surface area contributed by atoms with Crippen molar-refractivity contribution in [2.75, 3.05) is 13.7 Å². The van der Waals surface area contributed by atoms with E-state index in [0.717, 1.165) is 30.6 Å². The number of methoxy groups -OCH3 is 1. The predicted octanol–water partition coefficient (Wildman–Crippen LogP) is 2.29. The Morgan fingerprint density at radius 3 is 2.80 bits per heavy atom. The lowest BCUT2D eigenvalue weighted by Crippen LogP contribution is -2.39. The number of aromatic amines is 1. The van der Waals surface area contributed by atoms with Gasteiger partial charge in [-0.15, -0.1) is 0 Å². The van der Waals surface area contributed by atoms with Crippen LogP contribution in [0.1, 0.15) is 52.0 Å². The maximum absolute atomic E-state index is 13.4. The van der Waals surface area contributed by atoms with E-state index in [2.05, 4.69) is 15.3 Å². The van der Waals surface area contributed by atoms with E-state index < -0.39 is 5.91 Å². The van der Waals surface area contributed by atoms with Gasteiger partial charge in [0, 0.05) is 19.2 Å². The minimum absolute atomic E-state index is 0.112. The SMILES string of the molecule is COc1cccc(-c2cc(C(=O)N3CCCCC3c3cc(C(N)=O)n[nH]3)n(C)n2)c1. The van der Waals surface area contributed by atoms with Gasteiger partial charge in [0.15, 0.2) is 0 Å². The Hall–Kier alpha value is -3.62. The highest BCUT2D eigenvalue weighted by molar-refractivity contribution is 5.94. The molecule has 1 aliphatic rings. The van der Waals surface area contributed by atoms with Gasteiger partial charge in [0.05, 0.1) is 24.5 Å². The number of hydrogen-bond donors (Lipinski definition) is 2. The Balaban J connectivity index is 1.63. The third-order valence-electron chi connectivity index (χ3n) is 5.44. The molecule has 0 aliphatic carbocycles. The fourth-order valence-electron chi connectivity index (χ4n) is 3.87. The summed E-state index contributed by atoms with van der Waals surface area (Å²) in [7, 11) is 3.37. The number of H-pyrrole nitrogens is 1. The zero-order chi connectivity index (χ0) is 21.3. The van der Waals surface area contributed by atoms with Gasteiger partial charge >= 0.3 is 0 Å². The number of hydrogen-bond acceptors (Lipinski definition) is 5. The fourth-order valence-corrected chi connectivity index (χ4v) is 3.87. The number of piperidine rings is 1. The summed E-state index contributed by atoms with van der Waals surface area (Å²) in [5.41, 5.74) is 8.27. The molecule has 9 nitrogen and oxygen atoms in total. The number of ether oxygens (including phenoxy) is 1. The van der Waals surface area contributed by atoms with Crippen LogP contribution in [-0.4, -0.2) is 50.3 Å². The molecule has 0 saturated carbocycles. The number of carbonyl (C=O) groups is 2. The molecule has 156 valence electrons. The van der Waals surface area contributed by atoms with Crippen LogP contribution in [0.15, 0.2) is 36.4 Å². The van der Waals surface area contributed by atoms with Crippen LogP contribution in [0.4, 0.5) is 0 Å². The molecule has 1 unspecified atom stereocenters. The largest absolute Gasteiger partial charge is 0.497 e. The summed E-state index contributed by atoms with van der Waals surface area (Å²) in [6, 6.07) is 10.8. The number of aryl methyl sites for hydroxylation is 1. The van der Waals surface area contributed by atoms with E-state index in [-0.39, 0.29) is 17.6 Å². The van der Waals surface area contributed by atoms with Crippen molar-refractivity contribution in [1.82, 2.24) is 24.9 Å². The molecule has 3 aromatic rings. The lowest BCUT2D eigenvalue weighted by molar-refractivity contribution is 0.0594. The highest BCUT2D eigenvalue weighted by atomic mass is 16.5. The lowest BCUT2D eigenvalue weighted by atomic mass is 9.98. The van der Waals surface area contributed by atoms with Gasteiger partial charge in [-0.05, 0) is 43.5 Å². The van der Waals surface area contributed by atoms with Crippen molar-refractivity contribution in [1.29, 1.82) is 0 Å². The van der Waals surface area contributed by atoms with Crippen molar-refractivity contribution < 1.29 is 14.3 Å². The second-order valence-electron chi connectivity index (χ2n) is 7.35. The zero-order valence-corrected chi connectivity index (χ0v) is 17.0. The van der Waals surface area contributed by atoms with Crippen LogP contribution in [0.2, 0.25) is 0 Å². The number of rotatable bonds is 5. The number of carbonyl (C=O) groups excluding carboxylic acids is 2. The van der Waals surface area contributed by atoms with Gasteiger partial charge in [0.25, 0.3) is 11.8 Å². The van der Waals surface area contributed by atoms with E-state index in [9.17, 15) is 9.59 Å². The Labute approximate surface area is 173 Å². The highest BCUT2D eigenvalue weighted by Crippen LogP contribution is 2.32. The molecule has 9 heteroatoms. The molecule has 3 N–H and O–H groups in total. The summed E-state index contributed by atoms with van der Waals surface area (Å²) >= 11 is 0. The first-order valence-corrected chi connectivity index (χ1v) is 9.82. The molecular formula is C21H24N6O3. The number of likely N-dealkylation sites (tertiary alicyclic amines) is 1. The highest BCUT2D eigenvalue weighted by Gasteiger charge is 2.32. The van der Waals surface area contributed by atoms with Crippen molar-refractivity contribution in [3.8, 4) is 17.0 Å². The molecular weight excluding hydrogens is 384 g/mol. The summed E-state index contributed by atoms with van der Waals surface area (Å²) < 4.78 is 6.89. The standard InChI is InChI=1S/C21H24N6O3/c1-26-19(12-15(25-26)13-6-5-7-14(10-13)30-2)21(29)27-9-4-3-8-18(27)16-11-17(20(22)28)24-23-16/h5-7,10-12,18H,3-4,8-9H2,1-2H3,(H2,22,28)(H,23,24). The van der Waals surface area contributed by atoms with E-state index in [0.29, 0.717) is 23.6 Å². The number of nitrogens with one attached hydrogen (secondary N) is 1. The number of amides is 2. The van der Waals surface area contributed by atoms with Crippen LogP contribution in [-0.2, 0) is 7.05 Å². The van der Waals surface area contributed by atoms with Crippen LogP contribution < -0.4 is 10.5 Å². The second kappa shape index (κ2) is 8.02. The van der Waals surface area contributed by atoms with Crippen molar-refractivity contribution in [2.24, 2.45) is 12.8 Å². The third kappa shape index (κ3) is 3.66. The summed E-state index contributed by atoms with van der Waals surface area (Å²) in [6.45, 7) is 0.619. The smallest absolute Gasteiger partial charge is 0.272 e. The molecule has 30 heavy (non-hydrogen) atoms. The molecule has 4 rings (SSSR count). The van der Waals surface area contributed by atoms with Gasteiger partial charge in [0.2, 0.25) is 0 Å². The molecule has 1 saturated heterocycles. The molecule has 0 bridgehead atoms. The topological polar surface area (TPSA) is 119 Å². The minimum atomic E-state index is -0.597. The van der Waals surface area contributed by atoms with Crippen LogP contribution >= 0.6 is 0 Å². The second-order valence-corrected chi connectivity index (χ2v) is 7.35. The van der Waals surface area contributed by atoms with Crippen LogP contribution in [0.3, 0.4) is 0 Å². The first-order valence-electron chi connectivity index (χ1n) is 9.82. The Morgan fingerprint density at radius 1 is 1.23 bits per heavy atom. The van der Waals surface area contributed by atoms with E-state index in [4.69, 9.17) is 10.5 Å². The van der Waals surface area contributed by atoms with E-state index >= 15 is 0 Å². The van der Waals surface area contributed by atoms with Crippen LogP contribution in [0.25, 0.3) is 11.3 Å². The first kappa shape index (κ1) is 19.7. The molecule has 1 atom stereocenters. The quantitative estimate of drug-likeness (QED) is 0.671. The normalized spacial score (nSPS) is 16.5. The predicted molar refractivity (Wildman–Crippen MR) is 110 cm³/mol. The Kier molecular flexibility index (Phi) is 5.26. The van der Waals surface area contributed by atoms with E-state index in [1.807, 2.05) is 29.2 Å². The van der Waals surface area contributed by atoms with Crippen LogP contribution in [0, 0.1) is 0 Å². The lowest BCUT2D eigenvalue weighted by Gasteiger charge is -2.35. The summed E-state index contributed by atoms with van der Waals surface area (Å²) in [5.74, 6) is 0.0199. The third-order valence-corrected chi connectivity index (χ3v) is 5.44. The van der Waals surface area contributed by atoms with Crippen molar-refractivity contribution in [3.05, 3.63) is 53.5 Å². The van der Waals surface area contributed by atoms with Gasteiger partial charge in [-0.1, -0.05) is 12.1 Å². The number of benzene rings is 1. The van der Waals surface area contributed by atoms with Crippen molar-refractivity contribution in [2.45, 2.75) is 25.3 Å². The Morgan fingerprint density at radius 2 is 2.07 bits per heavy atom. The monoisotopic (exact) mass is 408 g/mol. The molecule has 1 fully saturated rings. The van der Waals surface area contributed by atoms with Crippen LogP contribution in [0.5, 0.6) is 5.75 Å². The van der Waals surface area contributed by atoms with Gasteiger partial charge < -0.3 is 15.4 Å². The summed E-state index contributed by atoms with van der Waals surface area (Å²) in [4.78, 5) is 26.6. The number of aromatic nitrogens is 4. The number of nitrogens with two attached hydrogens (primary N) is 1. The molecule has 1 aromatic carbocycles. The maximum atomic E-state index is 13.4. The molecule has 0 radical (unpaired) electrons. The van der Waals surface area contributed by atoms with Crippen molar-refractivity contribution >= 4 is 11.8 Å². The van der Waals surface area contributed by atoms with Gasteiger partial charge in [-0.2, -0.15) is 10.2 Å². The van der Waals surface area contributed by atoms with Gasteiger partial charge in [0.1, 0.15) is 17.1 Å². The average Bonchev–Trinajstić information content (AvgIpc) is 3.41. The Bertz CT molecular complexity index is 1090. The number of primary amides is 1. The van der Waals surface area contributed by atoms with Gasteiger partial charge in [-0.3, -0.25) is 19.4 Å². The fraction of sp³-hybridized carbons (Fsp3) is 0.333. The number of nitrogens with zero attached hydrogens (tertiary/aromatic N) is 4. The summed E-state index contributed by atoms with van der Waals surface area (Å²) in [6.07, 6.45) is 2.69. The minimum Gasteiger partial charge on any atom is -0.497 e. The molecule has 3 heterocycles. The van der Waals surface area contributed by atoms with Gasteiger partial charge in [-0.25, -0.2) is 0 Å². The maximum Gasteiger partial charge on any atom is 0.272 e. The molecule has 0 spiro atoms. The van der Waals surface area contributed by atoms with E-state index in [1.165, 1.54) is 0 Å². The molecule has 2 amide bonds. The zero-order valence-electron chi connectivity index (χ0n) is 17.0. The van der Waals surface area contributed by atoms with Crippen molar-refractivity contribution in [3.63, 3.8) is 0 Å². The first-order chi connectivity index (χ1) is 14.5. The van der Waals surface area contributed by atoms with E-state index in [1.54, 1.807) is 31.0 Å². The summed E-state index contributed by atoms with van der Waals surface area (Å²) in [5, 5.41) is 11.4. The molecule has 2 aromatic heterocycles.